The fourth-order valence-corrected chi connectivity index (χ4v) is 3.26. The van der Waals surface area contributed by atoms with Gasteiger partial charge in [-0.2, -0.15) is 23.4 Å². The number of aromatic nitrogens is 5. The van der Waals surface area contributed by atoms with E-state index in [1.807, 2.05) is 26.0 Å². The lowest BCUT2D eigenvalue weighted by Crippen LogP contribution is -2.18. The lowest BCUT2D eigenvalue weighted by atomic mass is 9.97. The Balaban J connectivity index is 0.000000505. The van der Waals surface area contributed by atoms with E-state index in [9.17, 15) is 35.5 Å². The summed E-state index contributed by atoms with van der Waals surface area (Å²) in [5.41, 5.74) is 3.15. The summed E-state index contributed by atoms with van der Waals surface area (Å²) in [6, 6.07) is 1.41. The van der Waals surface area contributed by atoms with Crippen molar-refractivity contribution in [3.8, 4) is 0 Å². The van der Waals surface area contributed by atoms with Gasteiger partial charge in [-0.15, -0.1) is 0 Å². The van der Waals surface area contributed by atoms with Crippen LogP contribution >= 0.6 is 0 Å². The highest BCUT2D eigenvalue weighted by Crippen LogP contribution is 2.34. The Morgan fingerprint density at radius 1 is 1.18 bits per heavy atom. The molecule has 16 heteroatoms. The van der Waals surface area contributed by atoms with Crippen LogP contribution in [0.2, 0.25) is 0 Å². The molecule has 0 spiro atoms. The van der Waals surface area contributed by atoms with Gasteiger partial charge in [-0.05, 0) is 18.9 Å². The third-order valence-electron chi connectivity index (χ3n) is 4.82. The molecule has 9 nitrogen and oxygen atoms in total. The van der Waals surface area contributed by atoms with Gasteiger partial charge in [0.25, 0.3) is 12.3 Å². The quantitative estimate of drug-likeness (QED) is 0.412. The van der Waals surface area contributed by atoms with Crippen molar-refractivity contribution in [1.82, 2.24) is 24.4 Å². The van der Waals surface area contributed by atoms with Crippen LogP contribution in [0.1, 0.15) is 62.0 Å². The number of nitrogens with two attached hydrogens (primary N) is 1. The van der Waals surface area contributed by atoms with E-state index in [0.717, 1.165) is 12.6 Å². The fourth-order valence-electron chi connectivity index (χ4n) is 3.26. The monoisotopic (exact) mass is 555 g/mol. The normalized spacial score (nSPS) is 14.4. The molecule has 212 valence electrons. The summed E-state index contributed by atoms with van der Waals surface area (Å²) in [4.78, 5) is 24.2. The van der Waals surface area contributed by atoms with E-state index < -0.39 is 42.4 Å². The van der Waals surface area contributed by atoms with Gasteiger partial charge in [0, 0.05) is 25.2 Å². The first kappa shape index (κ1) is 32.3. The van der Waals surface area contributed by atoms with Crippen molar-refractivity contribution in [2.75, 3.05) is 11.1 Å². The van der Waals surface area contributed by atoms with E-state index in [0.29, 0.717) is 23.7 Å². The number of alkyl halides is 7. The molecule has 1 amide bonds. The van der Waals surface area contributed by atoms with Crippen molar-refractivity contribution in [2.45, 2.75) is 71.0 Å². The van der Waals surface area contributed by atoms with Gasteiger partial charge in [0.15, 0.2) is 11.3 Å². The summed E-state index contributed by atoms with van der Waals surface area (Å²) in [7, 11) is 0. The van der Waals surface area contributed by atoms with Crippen molar-refractivity contribution in [1.29, 1.82) is 0 Å². The number of hydrogen-bond donors (Lipinski definition) is 2. The maximum absolute atomic E-state index is 13.0. The van der Waals surface area contributed by atoms with Gasteiger partial charge in [0.2, 0.25) is 5.92 Å². The number of carbonyl (C=O) groups is 2. The van der Waals surface area contributed by atoms with Crippen molar-refractivity contribution < 1.29 is 40.3 Å². The van der Waals surface area contributed by atoms with Crippen LogP contribution in [0.3, 0.4) is 0 Å². The molecule has 3 aromatic heterocycles. The Labute approximate surface area is 213 Å². The standard InChI is InChI=1S/C13H10F5N7O.C6H10F2.C2H6.CH2O/c14-8(15)5-24-4-7(10(23-24)13(16,17)18)21-12(26)6-3-20-25-2-1-9(19)22-11(6)25;7-6(8)4-2-1-3-5-6;2*1-2/h1-4,8H,5H2,(H2,19,22)(H,21,26);1-5H2;1-2H3;1H2. The van der Waals surface area contributed by atoms with Gasteiger partial charge in [0.05, 0.1) is 11.9 Å². The Morgan fingerprint density at radius 3 is 2.29 bits per heavy atom. The Bertz CT molecular complexity index is 1150. The fraction of sp³-hybridized carbons (Fsp3) is 0.500. The number of nitrogens with zero attached hydrogens (tertiary/aromatic N) is 5. The summed E-state index contributed by atoms with van der Waals surface area (Å²) in [6.07, 6.45) is -2.01. The first-order valence-electron chi connectivity index (χ1n) is 11.4. The molecule has 0 atom stereocenters. The van der Waals surface area contributed by atoms with Gasteiger partial charge in [0.1, 0.15) is 24.7 Å². The number of hydrogen-bond acceptors (Lipinski definition) is 6. The molecular weight excluding hydrogens is 527 g/mol. The highest BCUT2D eigenvalue weighted by atomic mass is 19.4. The zero-order chi connectivity index (χ0) is 29.1. The van der Waals surface area contributed by atoms with Crippen molar-refractivity contribution in [3.63, 3.8) is 0 Å². The first-order valence-corrected chi connectivity index (χ1v) is 11.4. The molecule has 0 radical (unpaired) electrons. The molecule has 1 fully saturated rings. The minimum Gasteiger partial charge on any atom is -0.384 e. The van der Waals surface area contributed by atoms with Crippen LogP contribution in [0.25, 0.3) is 5.65 Å². The highest BCUT2D eigenvalue weighted by Gasteiger charge is 2.38. The van der Waals surface area contributed by atoms with Crippen LogP contribution in [0.5, 0.6) is 0 Å². The SMILES string of the molecule is C=O.CC.FC1(F)CCCCC1.Nc1ccn2ncc(C(=O)Nc3cn(CC(F)F)nc3C(F)(F)F)c2n1. The molecule has 0 bridgehead atoms. The lowest BCUT2D eigenvalue weighted by molar-refractivity contribution is -0.141. The number of amides is 1. The van der Waals surface area contributed by atoms with E-state index in [-0.39, 0.29) is 29.9 Å². The molecule has 1 saturated carbocycles. The Kier molecular flexibility index (Phi) is 12.1. The average molecular weight is 555 g/mol. The molecule has 0 saturated heterocycles. The largest absolute Gasteiger partial charge is 0.437 e. The molecule has 1 aliphatic carbocycles. The Morgan fingerprint density at radius 2 is 1.79 bits per heavy atom. The Hall–Kier alpha value is -3.72. The van der Waals surface area contributed by atoms with Gasteiger partial charge in [-0.25, -0.2) is 27.1 Å². The third-order valence-corrected chi connectivity index (χ3v) is 4.82. The number of anilines is 2. The van der Waals surface area contributed by atoms with Crippen molar-refractivity contribution >= 4 is 29.8 Å². The predicted octanol–water partition coefficient (Wildman–Crippen LogP) is 5.47. The zero-order valence-electron chi connectivity index (χ0n) is 20.6. The summed E-state index contributed by atoms with van der Waals surface area (Å²) < 4.78 is 89.9. The maximum Gasteiger partial charge on any atom is 0.437 e. The van der Waals surface area contributed by atoms with Crippen LogP contribution in [0.15, 0.2) is 24.7 Å². The second kappa shape index (κ2) is 14.3. The molecule has 3 heterocycles. The minimum atomic E-state index is -4.94. The van der Waals surface area contributed by atoms with Gasteiger partial charge < -0.3 is 15.8 Å². The molecule has 0 unspecified atom stereocenters. The van der Waals surface area contributed by atoms with Crippen molar-refractivity contribution in [2.24, 2.45) is 0 Å². The van der Waals surface area contributed by atoms with E-state index >= 15 is 0 Å². The van der Waals surface area contributed by atoms with Gasteiger partial charge >= 0.3 is 6.18 Å². The summed E-state index contributed by atoms with van der Waals surface area (Å²) in [6.45, 7) is 4.95. The van der Waals surface area contributed by atoms with E-state index in [2.05, 4.69) is 15.2 Å². The molecule has 0 aromatic carbocycles. The van der Waals surface area contributed by atoms with E-state index in [1.54, 1.807) is 0 Å². The third kappa shape index (κ3) is 9.30. The molecule has 1 aliphatic rings. The second-order valence-electron chi connectivity index (χ2n) is 7.55. The van der Waals surface area contributed by atoms with Crippen LogP contribution in [-0.4, -0.2) is 49.4 Å². The van der Waals surface area contributed by atoms with Crippen LogP contribution in [-0.2, 0) is 17.5 Å². The lowest BCUT2D eigenvalue weighted by Gasteiger charge is -2.20. The smallest absolute Gasteiger partial charge is 0.384 e. The molecule has 3 aromatic rings. The minimum absolute atomic E-state index is 0.0241. The van der Waals surface area contributed by atoms with Crippen LogP contribution in [0, 0.1) is 0 Å². The van der Waals surface area contributed by atoms with E-state index in [1.165, 1.54) is 16.8 Å². The molecule has 4 rings (SSSR count). The first-order chi connectivity index (χ1) is 17.9. The zero-order valence-corrected chi connectivity index (χ0v) is 20.6. The van der Waals surface area contributed by atoms with Crippen LogP contribution < -0.4 is 11.1 Å². The molecule has 0 aliphatic heterocycles. The average Bonchev–Trinajstić information content (AvgIpc) is 3.45. The van der Waals surface area contributed by atoms with Gasteiger partial charge in [-0.1, -0.05) is 20.3 Å². The number of fused-ring (bicyclic) bond motifs is 1. The highest BCUT2D eigenvalue weighted by molar-refractivity contribution is 6.08. The number of nitrogen functional groups attached to an aromatic ring is 1. The number of rotatable bonds is 4. The summed E-state index contributed by atoms with van der Waals surface area (Å²) >= 11 is 0. The molecule has 3 N–H and O–H groups in total. The summed E-state index contributed by atoms with van der Waals surface area (Å²) in [5, 5.41) is 8.91. The second-order valence-corrected chi connectivity index (χ2v) is 7.55. The number of nitrogens with one attached hydrogen (secondary N) is 1. The van der Waals surface area contributed by atoms with Gasteiger partial charge in [-0.3, -0.25) is 9.48 Å². The summed E-state index contributed by atoms with van der Waals surface area (Å²) in [5.74, 6) is -3.22. The topological polar surface area (TPSA) is 120 Å². The molecular formula is C22H28F7N7O2. The molecule has 38 heavy (non-hydrogen) atoms. The van der Waals surface area contributed by atoms with Crippen LogP contribution in [0.4, 0.5) is 42.2 Å². The number of carbonyl (C=O) groups excluding carboxylic acids is 2. The predicted molar refractivity (Wildman–Crippen MR) is 125 cm³/mol. The van der Waals surface area contributed by atoms with Crippen molar-refractivity contribution in [3.05, 3.63) is 35.9 Å². The maximum atomic E-state index is 13.0. The number of halogens is 7. The van der Waals surface area contributed by atoms with E-state index in [4.69, 9.17) is 10.5 Å².